The van der Waals surface area contributed by atoms with Crippen molar-refractivity contribution < 1.29 is 0 Å². The van der Waals surface area contributed by atoms with Gasteiger partial charge in [0.2, 0.25) is 0 Å². The smallest absolute Gasteiger partial charge is 0.0951 e. The van der Waals surface area contributed by atoms with Gasteiger partial charge in [-0.2, -0.15) is 0 Å². The van der Waals surface area contributed by atoms with Gasteiger partial charge in [0.15, 0.2) is 0 Å². The van der Waals surface area contributed by atoms with Crippen molar-refractivity contribution in [2.45, 2.75) is 44.6 Å². The van der Waals surface area contributed by atoms with Gasteiger partial charge in [-0.05, 0) is 25.0 Å². The number of para-hydroxylation sites is 1. The molecule has 3 N–H and O–H groups in total. The largest absolute Gasteiger partial charge is 0.397 e. The Morgan fingerprint density at radius 3 is 2.63 bits per heavy atom. The molecule has 0 unspecified atom stereocenters. The number of fused-ring (bicyclic) bond motifs is 1. The van der Waals surface area contributed by atoms with Crippen LogP contribution in [0.1, 0.15) is 38.5 Å². The van der Waals surface area contributed by atoms with Crippen LogP contribution in [0.15, 0.2) is 30.5 Å². The first-order valence-electron chi connectivity index (χ1n) is 7.24. The van der Waals surface area contributed by atoms with Crippen molar-refractivity contribution in [1.29, 1.82) is 0 Å². The third kappa shape index (κ3) is 2.65. The number of anilines is 2. The van der Waals surface area contributed by atoms with Gasteiger partial charge in [0.25, 0.3) is 0 Å². The molecule has 19 heavy (non-hydrogen) atoms. The minimum Gasteiger partial charge on any atom is -0.397 e. The number of hydrogen-bond acceptors (Lipinski definition) is 3. The molecule has 3 rings (SSSR count). The summed E-state index contributed by atoms with van der Waals surface area (Å²) < 4.78 is 0. The molecule has 100 valence electrons. The van der Waals surface area contributed by atoms with Crippen LogP contribution in [-0.4, -0.2) is 11.0 Å². The van der Waals surface area contributed by atoms with Crippen LogP contribution in [0.25, 0.3) is 10.9 Å². The average Bonchev–Trinajstić information content (AvgIpc) is 2.69. The third-order valence-electron chi connectivity index (χ3n) is 4.02. The van der Waals surface area contributed by atoms with Gasteiger partial charge < -0.3 is 11.1 Å². The predicted molar refractivity (Wildman–Crippen MR) is 81.3 cm³/mol. The Labute approximate surface area is 114 Å². The Morgan fingerprint density at radius 1 is 1.05 bits per heavy atom. The maximum Gasteiger partial charge on any atom is 0.0951 e. The van der Waals surface area contributed by atoms with Crippen molar-refractivity contribution in [2.24, 2.45) is 0 Å². The van der Waals surface area contributed by atoms with Gasteiger partial charge in [0, 0.05) is 23.3 Å². The molecule has 0 radical (unpaired) electrons. The molecule has 0 amide bonds. The number of aromatic nitrogens is 1. The highest BCUT2D eigenvalue weighted by atomic mass is 14.9. The van der Waals surface area contributed by atoms with Gasteiger partial charge in [-0.3, -0.25) is 4.98 Å². The molecule has 0 atom stereocenters. The summed E-state index contributed by atoms with van der Waals surface area (Å²) in [5.74, 6) is 0. The molecule has 0 saturated heterocycles. The van der Waals surface area contributed by atoms with Crippen LogP contribution in [0.4, 0.5) is 11.4 Å². The molecule has 0 spiro atoms. The number of nitrogen functional groups attached to an aromatic ring is 1. The van der Waals surface area contributed by atoms with Gasteiger partial charge >= 0.3 is 0 Å². The number of hydrogen-bond donors (Lipinski definition) is 2. The summed E-state index contributed by atoms with van der Waals surface area (Å²) in [6.45, 7) is 0. The van der Waals surface area contributed by atoms with E-state index in [0.717, 1.165) is 16.6 Å². The van der Waals surface area contributed by atoms with Crippen molar-refractivity contribution in [1.82, 2.24) is 4.98 Å². The Bertz CT molecular complexity index is 557. The monoisotopic (exact) mass is 255 g/mol. The van der Waals surface area contributed by atoms with E-state index in [1.54, 1.807) is 0 Å². The van der Waals surface area contributed by atoms with E-state index in [1.807, 2.05) is 18.3 Å². The molecule has 3 nitrogen and oxygen atoms in total. The molecule has 3 heteroatoms. The highest BCUT2D eigenvalue weighted by molar-refractivity contribution is 5.97. The second-order valence-corrected chi connectivity index (χ2v) is 5.43. The number of nitrogens with two attached hydrogens (primary N) is 1. The summed E-state index contributed by atoms with van der Waals surface area (Å²) in [5, 5.41) is 4.83. The fourth-order valence-corrected chi connectivity index (χ4v) is 2.97. The highest BCUT2D eigenvalue weighted by Gasteiger charge is 2.13. The Morgan fingerprint density at radius 2 is 1.84 bits per heavy atom. The van der Waals surface area contributed by atoms with Crippen LogP contribution in [0.3, 0.4) is 0 Å². The molecule has 1 aliphatic rings. The van der Waals surface area contributed by atoms with Gasteiger partial charge in [-0.25, -0.2) is 0 Å². The van der Waals surface area contributed by atoms with Crippen LogP contribution >= 0.6 is 0 Å². The molecule has 1 aromatic carbocycles. The number of pyridine rings is 1. The van der Waals surface area contributed by atoms with Crippen molar-refractivity contribution >= 4 is 22.3 Å². The summed E-state index contributed by atoms with van der Waals surface area (Å²) in [6, 6.07) is 8.65. The summed E-state index contributed by atoms with van der Waals surface area (Å²) >= 11 is 0. The lowest BCUT2D eigenvalue weighted by Crippen LogP contribution is -2.18. The fourth-order valence-electron chi connectivity index (χ4n) is 2.97. The summed E-state index contributed by atoms with van der Waals surface area (Å²) in [6.07, 6.45) is 9.81. The van der Waals surface area contributed by atoms with Crippen LogP contribution in [0.2, 0.25) is 0 Å². The number of nitrogens with zero attached hydrogens (tertiary/aromatic N) is 1. The molecule has 1 fully saturated rings. The lowest BCUT2D eigenvalue weighted by Gasteiger charge is -2.19. The molecule has 1 aliphatic carbocycles. The molecular weight excluding hydrogens is 234 g/mol. The van der Waals surface area contributed by atoms with E-state index in [2.05, 4.69) is 22.4 Å². The summed E-state index contributed by atoms with van der Waals surface area (Å²) in [7, 11) is 0. The second-order valence-electron chi connectivity index (χ2n) is 5.43. The van der Waals surface area contributed by atoms with E-state index in [4.69, 9.17) is 5.73 Å². The molecule has 1 saturated carbocycles. The molecular formula is C16H21N3. The van der Waals surface area contributed by atoms with Crippen molar-refractivity contribution in [3.63, 3.8) is 0 Å². The normalized spacial score (nSPS) is 17.3. The standard InChI is InChI=1S/C16H21N3/c17-14-9-5-8-13-15(10-11-18-16(13)14)19-12-6-3-1-2-4-7-12/h5,8-12H,1-4,6-7,17H2,(H,18,19). The highest BCUT2D eigenvalue weighted by Crippen LogP contribution is 2.28. The molecule has 0 aliphatic heterocycles. The van der Waals surface area contributed by atoms with E-state index in [0.29, 0.717) is 6.04 Å². The van der Waals surface area contributed by atoms with Crippen molar-refractivity contribution in [3.8, 4) is 0 Å². The Balaban J connectivity index is 1.90. The Kier molecular flexibility index (Phi) is 3.53. The zero-order valence-electron chi connectivity index (χ0n) is 11.2. The second kappa shape index (κ2) is 5.47. The summed E-state index contributed by atoms with van der Waals surface area (Å²) in [4.78, 5) is 4.39. The first kappa shape index (κ1) is 12.3. The molecule has 0 bridgehead atoms. The lowest BCUT2D eigenvalue weighted by molar-refractivity contribution is 0.620. The number of benzene rings is 1. The zero-order valence-corrected chi connectivity index (χ0v) is 11.2. The predicted octanol–water partition coefficient (Wildman–Crippen LogP) is 3.95. The maximum absolute atomic E-state index is 5.99. The van der Waals surface area contributed by atoms with E-state index >= 15 is 0 Å². The van der Waals surface area contributed by atoms with Crippen molar-refractivity contribution in [2.75, 3.05) is 11.1 Å². The zero-order chi connectivity index (χ0) is 13.1. The minimum absolute atomic E-state index is 0.592. The van der Waals surface area contributed by atoms with E-state index in [9.17, 15) is 0 Å². The van der Waals surface area contributed by atoms with Crippen LogP contribution in [0, 0.1) is 0 Å². The maximum atomic E-state index is 5.99. The number of nitrogens with one attached hydrogen (secondary N) is 1. The van der Waals surface area contributed by atoms with Gasteiger partial charge in [-0.1, -0.05) is 37.8 Å². The minimum atomic E-state index is 0.592. The first-order chi connectivity index (χ1) is 9.34. The van der Waals surface area contributed by atoms with Crippen molar-refractivity contribution in [3.05, 3.63) is 30.5 Å². The molecule has 2 aromatic rings. The van der Waals surface area contributed by atoms with E-state index in [-0.39, 0.29) is 0 Å². The first-order valence-corrected chi connectivity index (χ1v) is 7.24. The SMILES string of the molecule is Nc1cccc2c(NC3CCCCCC3)ccnc12. The van der Waals surface area contributed by atoms with Crippen LogP contribution in [0.5, 0.6) is 0 Å². The van der Waals surface area contributed by atoms with Gasteiger partial charge in [0.1, 0.15) is 0 Å². The third-order valence-corrected chi connectivity index (χ3v) is 4.02. The summed E-state index contributed by atoms with van der Waals surface area (Å²) in [5.41, 5.74) is 8.82. The van der Waals surface area contributed by atoms with Gasteiger partial charge in [-0.15, -0.1) is 0 Å². The van der Waals surface area contributed by atoms with Crippen LogP contribution < -0.4 is 11.1 Å². The molecule has 1 heterocycles. The topological polar surface area (TPSA) is 50.9 Å². The Hall–Kier alpha value is -1.77. The van der Waals surface area contributed by atoms with E-state index < -0.39 is 0 Å². The number of rotatable bonds is 2. The molecule has 1 aromatic heterocycles. The van der Waals surface area contributed by atoms with Crippen LogP contribution in [-0.2, 0) is 0 Å². The quantitative estimate of drug-likeness (QED) is 0.631. The van der Waals surface area contributed by atoms with E-state index in [1.165, 1.54) is 44.2 Å². The lowest BCUT2D eigenvalue weighted by atomic mass is 10.1. The fraction of sp³-hybridized carbons (Fsp3) is 0.438. The average molecular weight is 255 g/mol. The van der Waals surface area contributed by atoms with Gasteiger partial charge in [0.05, 0.1) is 11.2 Å².